The van der Waals surface area contributed by atoms with E-state index >= 15 is 0 Å². The number of nitrogens with zero attached hydrogens (tertiary/aromatic N) is 3. The Bertz CT molecular complexity index is 669. The molecule has 0 spiro atoms. The van der Waals surface area contributed by atoms with E-state index < -0.39 is 5.66 Å². The predicted molar refractivity (Wildman–Crippen MR) is 99.5 cm³/mol. The Hall–Kier alpha value is -2.08. The lowest BCUT2D eigenvalue weighted by Crippen LogP contribution is -2.54. The maximum absolute atomic E-state index is 11.2. The number of alkyl halides is 1. The Morgan fingerprint density at radius 3 is 2.71 bits per heavy atom. The topological polar surface area (TPSA) is 97.1 Å². The van der Waals surface area contributed by atoms with Crippen LogP contribution in [0.5, 0.6) is 0 Å². The second-order valence-electron chi connectivity index (χ2n) is 6.32. The molecular weight excluding hydrogens is 326 g/mol. The van der Waals surface area contributed by atoms with E-state index in [1.165, 1.54) is 5.56 Å². The van der Waals surface area contributed by atoms with Crippen molar-refractivity contribution in [1.29, 1.82) is 0 Å². The number of ketones is 1. The van der Waals surface area contributed by atoms with Gasteiger partial charge in [0.05, 0.1) is 5.88 Å². The van der Waals surface area contributed by atoms with Gasteiger partial charge in [-0.3, -0.25) is 9.69 Å². The Kier molecular flexibility index (Phi) is 5.83. The number of Topliss-reactive ketones (excluding diaryl/α,β-unsaturated/α-hetero) is 1. The fraction of sp³-hybridized carbons (Fsp3) is 0.471. The van der Waals surface area contributed by atoms with Gasteiger partial charge in [-0.2, -0.15) is 4.99 Å². The van der Waals surface area contributed by atoms with Crippen LogP contribution >= 0.6 is 11.6 Å². The second-order valence-corrected chi connectivity index (χ2v) is 6.59. The highest BCUT2D eigenvalue weighted by Crippen LogP contribution is 2.28. The van der Waals surface area contributed by atoms with Crippen LogP contribution in [0, 0.1) is 0 Å². The van der Waals surface area contributed by atoms with Crippen LogP contribution in [-0.4, -0.2) is 29.2 Å². The molecule has 4 N–H and O–H groups in total. The maximum atomic E-state index is 11.2. The van der Waals surface area contributed by atoms with Crippen molar-refractivity contribution in [3.05, 3.63) is 29.8 Å². The minimum Gasteiger partial charge on any atom is -0.369 e. The fourth-order valence-electron chi connectivity index (χ4n) is 2.82. The lowest BCUT2D eigenvalue weighted by molar-refractivity contribution is -0.116. The van der Waals surface area contributed by atoms with Crippen LogP contribution in [0.4, 0.5) is 5.69 Å². The average molecular weight is 350 g/mol. The van der Waals surface area contributed by atoms with Crippen molar-refractivity contribution in [3.8, 4) is 0 Å². The number of nitrogens with two attached hydrogens (primary N) is 2. The summed E-state index contributed by atoms with van der Waals surface area (Å²) in [4.78, 5) is 21.5. The number of hydrogen-bond acceptors (Lipinski definition) is 6. The van der Waals surface area contributed by atoms with E-state index in [1.807, 2.05) is 30.9 Å². The highest BCUT2D eigenvalue weighted by Gasteiger charge is 2.32. The molecule has 130 valence electrons. The van der Waals surface area contributed by atoms with Crippen molar-refractivity contribution in [2.45, 2.75) is 45.2 Å². The van der Waals surface area contributed by atoms with Gasteiger partial charge in [0.1, 0.15) is 11.4 Å². The molecule has 0 radical (unpaired) electrons. The lowest BCUT2D eigenvalue weighted by Gasteiger charge is -2.38. The van der Waals surface area contributed by atoms with Crippen molar-refractivity contribution in [2.75, 3.05) is 10.8 Å². The van der Waals surface area contributed by atoms with E-state index in [-0.39, 0.29) is 17.6 Å². The molecule has 0 unspecified atom stereocenters. The summed E-state index contributed by atoms with van der Waals surface area (Å²) in [7, 11) is 0. The molecule has 0 atom stereocenters. The van der Waals surface area contributed by atoms with E-state index in [4.69, 9.17) is 23.1 Å². The summed E-state index contributed by atoms with van der Waals surface area (Å²) >= 11 is 5.51. The molecule has 0 aliphatic carbocycles. The number of unbranched alkanes of at least 4 members (excludes halogenated alkanes) is 1. The zero-order valence-corrected chi connectivity index (χ0v) is 14.9. The van der Waals surface area contributed by atoms with Crippen LogP contribution in [0.25, 0.3) is 0 Å². The van der Waals surface area contributed by atoms with Gasteiger partial charge in [0.15, 0.2) is 0 Å². The summed E-state index contributed by atoms with van der Waals surface area (Å²) in [5.74, 6) is 0.716. The smallest absolute Gasteiger partial charge is 0.220 e. The Morgan fingerprint density at radius 1 is 1.29 bits per heavy atom. The molecule has 0 saturated carbocycles. The van der Waals surface area contributed by atoms with Gasteiger partial charge in [-0.25, -0.2) is 4.99 Å². The first kappa shape index (κ1) is 18.3. The standard InChI is InChI=1S/C17H24ClN5O/c1-17(2)22-15(19)21-16(20)23(17)13-8-5-7-12(10-13)6-3-4-9-14(24)11-18/h5,7-8,10H,3-4,6,9,11H2,1-2H3,(H4,19,20,21,22). The first-order valence-electron chi connectivity index (χ1n) is 8.00. The molecule has 7 heteroatoms. The number of halogens is 1. The number of aliphatic imine (C=N–C) groups is 2. The summed E-state index contributed by atoms with van der Waals surface area (Å²) in [6, 6.07) is 8.10. The molecule has 1 aromatic carbocycles. The molecule has 1 aliphatic rings. The molecule has 0 saturated heterocycles. The first-order chi connectivity index (χ1) is 11.3. The van der Waals surface area contributed by atoms with Crippen molar-refractivity contribution >= 4 is 35.0 Å². The van der Waals surface area contributed by atoms with Crippen molar-refractivity contribution in [3.63, 3.8) is 0 Å². The van der Waals surface area contributed by atoms with Crippen molar-refractivity contribution < 1.29 is 4.79 Å². The average Bonchev–Trinajstić information content (AvgIpc) is 2.49. The Labute approximate surface area is 147 Å². The van der Waals surface area contributed by atoms with Crippen LogP contribution in [0.2, 0.25) is 0 Å². The Balaban J connectivity index is 2.07. The van der Waals surface area contributed by atoms with Crippen molar-refractivity contribution in [2.24, 2.45) is 21.5 Å². The summed E-state index contributed by atoms with van der Waals surface area (Å²) in [5.41, 5.74) is 13.3. The third-order valence-corrected chi connectivity index (χ3v) is 4.18. The molecule has 0 aromatic heterocycles. The normalized spacial score (nSPS) is 16.5. The number of rotatable bonds is 7. The predicted octanol–water partition coefficient (Wildman–Crippen LogP) is 2.39. The quantitative estimate of drug-likeness (QED) is 0.583. The molecular formula is C17H24ClN5O. The molecule has 0 amide bonds. The summed E-state index contributed by atoms with van der Waals surface area (Å²) in [6.07, 6.45) is 3.20. The summed E-state index contributed by atoms with van der Waals surface area (Å²) < 4.78 is 0. The number of carbonyl (C=O) groups is 1. The van der Waals surface area contributed by atoms with Gasteiger partial charge in [0.25, 0.3) is 0 Å². The third-order valence-electron chi connectivity index (χ3n) is 3.88. The molecule has 0 fully saturated rings. The van der Waals surface area contributed by atoms with Crippen molar-refractivity contribution in [1.82, 2.24) is 0 Å². The SMILES string of the molecule is CC1(C)N=C(N)N=C(N)N1c1cccc(CCCCC(=O)CCl)c1. The highest BCUT2D eigenvalue weighted by atomic mass is 35.5. The number of aryl methyl sites for hydroxylation is 1. The lowest BCUT2D eigenvalue weighted by atomic mass is 10.0. The Morgan fingerprint density at radius 2 is 2.04 bits per heavy atom. The van der Waals surface area contributed by atoms with Gasteiger partial charge < -0.3 is 11.5 Å². The van der Waals surface area contributed by atoms with Gasteiger partial charge in [-0.15, -0.1) is 11.6 Å². The van der Waals surface area contributed by atoms with E-state index in [0.717, 1.165) is 24.9 Å². The fourth-order valence-corrected chi connectivity index (χ4v) is 2.95. The maximum Gasteiger partial charge on any atom is 0.220 e. The van der Waals surface area contributed by atoms with E-state index in [0.29, 0.717) is 12.4 Å². The zero-order chi connectivity index (χ0) is 17.7. The van der Waals surface area contributed by atoms with E-state index in [2.05, 4.69) is 22.1 Å². The minimum atomic E-state index is -0.596. The van der Waals surface area contributed by atoms with Gasteiger partial charge >= 0.3 is 0 Å². The van der Waals surface area contributed by atoms with Crippen LogP contribution in [0.15, 0.2) is 34.3 Å². The van der Waals surface area contributed by atoms with Crippen LogP contribution in [0.3, 0.4) is 0 Å². The molecule has 6 nitrogen and oxygen atoms in total. The molecule has 1 aromatic rings. The number of carbonyl (C=O) groups excluding carboxylic acids is 1. The second kappa shape index (κ2) is 7.66. The number of hydrogen-bond donors (Lipinski definition) is 2. The first-order valence-corrected chi connectivity index (χ1v) is 8.53. The van der Waals surface area contributed by atoms with Crippen LogP contribution < -0.4 is 16.4 Å². The van der Waals surface area contributed by atoms with Gasteiger partial charge in [0, 0.05) is 12.1 Å². The number of anilines is 1. The third kappa shape index (κ3) is 4.47. The van der Waals surface area contributed by atoms with E-state index in [1.54, 1.807) is 0 Å². The summed E-state index contributed by atoms with van der Waals surface area (Å²) in [5, 5.41) is 0. The summed E-state index contributed by atoms with van der Waals surface area (Å²) in [6.45, 7) is 3.87. The minimum absolute atomic E-state index is 0.0971. The monoisotopic (exact) mass is 349 g/mol. The molecule has 2 rings (SSSR count). The molecule has 24 heavy (non-hydrogen) atoms. The number of guanidine groups is 2. The zero-order valence-electron chi connectivity index (χ0n) is 14.1. The van der Waals surface area contributed by atoms with Gasteiger partial charge in [-0.05, 0) is 50.8 Å². The number of benzene rings is 1. The van der Waals surface area contributed by atoms with Crippen LogP contribution in [-0.2, 0) is 11.2 Å². The van der Waals surface area contributed by atoms with Gasteiger partial charge in [0.2, 0.25) is 11.9 Å². The highest BCUT2D eigenvalue weighted by molar-refractivity contribution is 6.27. The van der Waals surface area contributed by atoms with E-state index in [9.17, 15) is 4.79 Å². The van der Waals surface area contributed by atoms with Crippen LogP contribution in [0.1, 0.15) is 38.7 Å². The largest absolute Gasteiger partial charge is 0.369 e. The molecule has 0 bridgehead atoms. The molecule has 1 aliphatic heterocycles. The van der Waals surface area contributed by atoms with Gasteiger partial charge in [-0.1, -0.05) is 12.1 Å². The molecule has 1 heterocycles.